The van der Waals surface area contributed by atoms with Crippen molar-refractivity contribution in [1.82, 2.24) is 19.4 Å². The molecule has 1 saturated carbocycles. The number of benzene rings is 1. The molecule has 204 valence electrons. The second kappa shape index (κ2) is 10.5. The molecule has 12 heteroatoms. The van der Waals surface area contributed by atoms with Crippen molar-refractivity contribution in [3.8, 4) is 0 Å². The Morgan fingerprint density at radius 3 is 2.50 bits per heavy atom. The number of halogens is 3. The van der Waals surface area contributed by atoms with E-state index in [1.165, 1.54) is 18.5 Å². The van der Waals surface area contributed by atoms with E-state index in [0.29, 0.717) is 31.7 Å². The molecule has 1 aromatic carbocycles. The van der Waals surface area contributed by atoms with Crippen molar-refractivity contribution in [2.75, 3.05) is 24.6 Å². The van der Waals surface area contributed by atoms with E-state index in [1.807, 2.05) is 16.8 Å². The molecule has 5 rings (SSSR count). The van der Waals surface area contributed by atoms with Crippen LogP contribution in [-0.2, 0) is 24.1 Å². The molecule has 1 amide bonds. The normalized spacial score (nSPS) is 21.5. The van der Waals surface area contributed by atoms with Gasteiger partial charge in [0, 0.05) is 37.8 Å². The number of hydrogen-bond donors (Lipinski definition) is 3. The Hall–Kier alpha value is -3.22. The van der Waals surface area contributed by atoms with Crippen molar-refractivity contribution in [3.05, 3.63) is 54.0 Å². The third-order valence-electron chi connectivity index (χ3n) is 7.56. The Morgan fingerprint density at radius 1 is 1.16 bits per heavy atom. The Labute approximate surface area is 217 Å². The third kappa shape index (κ3) is 5.47. The summed E-state index contributed by atoms with van der Waals surface area (Å²) in [5, 5.41) is 21.1. The van der Waals surface area contributed by atoms with Crippen LogP contribution in [-0.4, -0.2) is 73.4 Å². The third-order valence-corrected chi connectivity index (χ3v) is 7.56. The smallest absolute Gasteiger partial charge is 0.394 e. The summed E-state index contributed by atoms with van der Waals surface area (Å²) in [7, 11) is 0. The number of carbonyl (C=O) groups excluding carboxylic acids is 1. The Bertz CT molecular complexity index is 1280. The van der Waals surface area contributed by atoms with Gasteiger partial charge in [0.25, 0.3) is 0 Å². The number of nitrogens with zero attached hydrogens (tertiary/aromatic N) is 5. The average molecular weight is 533 g/mol. The lowest BCUT2D eigenvalue weighted by Gasteiger charge is -2.38. The topological polar surface area (TPSA) is 121 Å². The van der Waals surface area contributed by atoms with Gasteiger partial charge in [-0.15, -0.1) is 0 Å². The number of rotatable bonds is 9. The average Bonchev–Trinajstić information content (AvgIpc) is 3.64. The predicted molar refractivity (Wildman–Crippen MR) is 134 cm³/mol. The standard InChI is InChI=1S/C26H31F3N6O3/c27-26(28,29)18-3-1-16(2-4-18)11-35(19-5-6-19)25-20-8-10-34(24(20)31-15-32-25)12-17-7-9-33(13-22(17)37)21(14-36)23(30)38/h1-4,8,10,15,17,19,21-22,36-37H,5-7,9,11-14H2,(H2,30,38)/t17-,21?,22+/m0/s1. The molecular weight excluding hydrogens is 501 g/mol. The molecule has 0 spiro atoms. The maximum absolute atomic E-state index is 13.0. The number of aromatic nitrogens is 3. The molecule has 38 heavy (non-hydrogen) atoms. The molecule has 2 aliphatic rings. The van der Waals surface area contributed by atoms with Crippen LogP contribution >= 0.6 is 0 Å². The number of aliphatic hydroxyl groups excluding tert-OH is 2. The minimum atomic E-state index is -4.37. The SMILES string of the molecule is NC(=O)C(CO)N1CC[C@@H](Cn2ccc3c(N(Cc4ccc(C(F)(F)F)cc4)C4CC4)ncnc32)[C@H](O)C1. The lowest BCUT2D eigenvalue weighted by Crippen LogP contribution is -2.54. The van der Waals surface area contributed by atoms with Gasteiger partial charge in [0.1, 0.15) is 23.8 Å². The van der Waals surface area contributed by atoms with Crippen LogP contribution in [0.5, 0.6) is 0 Å². The van der Waals surface area contributed by atoms with Crippen molar-refractivity contribution in [3.63, 3.8) is 0 Å². The van der Waals surface area contributed by atoms with Gasteiger partial charge >= 0.3 is 6.18 Å². The number of hydrogen-bond acceptors (Lipinski definition) is 7. The summed E-state index contributed by atoms with van der Waals surface area (Å²) in [6.45, 7) is 1.32. The van der Waals surface area contributed by atoms with E-state index in [4.69, 9.17) is 5.73 Å². The van der Waals surface area contributed by atoms with Gasteiger partial charge in [-0.05, 0) is 49.6 Å². The van der Waals surface area contributed by atoms with E-state index in [9.17, 15) is 28.2 Å². The van der Waals surface area contributed by atoms with Crippen molar-refractivity contribution in [2.24, 2.45) is 11.7 Å². The van der Waals surface area contributed by atoms with Crippen LogP contribution in [0.4, 0.5) is 19.0 Å². The summed E-state index contributed by atoms with van der Waals surface area (Å²) in [5.41, 5.74) is 6.19. The number of primary amides is 1. The highest BCUT2D eigenvalue weighted by atomic mass is 19.4. The number of likely N-dealkylation sites (tertiary alicyclic amines) is 1. The quantitative estimate of drug-likeness (QED) is 0.386. The lowest BCUT2D eigenvalue weighted by atomic mass is 9.92. The number of aliphatic hydroxyl groups is 2. The monoisotopic (exact) mass is 532 g/mol. The van der Waals surface area contributed by atoms with E-state index in [-0.39, 0.29) is 18.5 Å². The summed E-state index contributed by atoms with van der Waals surface area (Å²) in [6, 6.07) is 6.61. The van der Waals surface area contributed by atoms with Crippen LogP contribution in [0.2, 0.25) is 0 Å². The van der Waals surface area contributed by atoms with Crippen LogP contribution in [0.3, 0.4) is 0 Å². The van der Waals surface area contributed by atoms with Crippen LogP contribution in [0.1, 0.15) is 30.4 Å². The minimum absolute atomic E-state index is 0.0841. The molecule has 0 bridgehead atoms. The van der Waals surface area contributed by atoms with Gasteiger partial charge in [0.15, 0.2) is 0 Å². The molecule has 1 unspecified atom stereocenters. The maximum Gasteiger partial charge on any atom is 0.416 e. The first-order valence-electron chi connectivity index (χ1n) is 12.7. The summed E-state index contributed by atoms with van der Waals surface area (Å²) >= 11 is 0. The first kappa shape index (κ1) is 26.4. The first-order valence-corrected chi connectivity index (χ1v) is 12.7. The highest BCUT2D eigenvalue weighted by Crippen LogP contribution is 2.36. The highest BCUT2D eigenvalue weighted by Gasteiger charge is 2.35. The van der Waals surface area contributed by atoms with Gasteiger partial charge in [-0.3, -0.25) is 9.69 Å². The number of amides is 1. The minimum Gasteiger partial charge on any atom is -0.394 e. The Kier molecular flexibility index (Phi) is 7.30. The van der Waals surface area contributed by atoms with E-state index >= 15 is 0 Å². The van der Waals surface area contributed by atoms with Crippen LogP contribution in [0.15, 0.2) is 42.9 Å². The summed E-state index contributed by atoms with van der Waals surface area (Å²) in [6.07, 6.45) is 0.904. The van der Waals surface area contributed by atoms with E-state index in [0.717, 1.165) is 41.7 Å². The second-order valence-corrected chi connectivity index (χ2v) is 10.2. The van der Waals surface area contributed by atoms with E-state index in [2.05, 4.69) is 14.9 Å². The van der Waals surface area contributed by atoms with Gasteiger partial charge in [0.2, 0.25) is 5.91 Å². The molecule has 2 aromatic heterocycles. The van der Waals surface area contributed by atoms with Gasteiger partial charge in [0.05, 0.1) is 23.7 Å². The summed E-state index contributed by atoms with van der Waals surface area (Å²) in [5.74, 6) is 0.0354. The zero-order chi connectivity index (χ0) is 27.0. The largest absolute Gasteiger partial charge is 0.416 e. The number of β-amino-alcohol motifs (C(OH)–C–C–N with tert-alkyl or cyclic N) is 1. The van der Waals surface area contributed by atoms with Gasteiger partial charge < -0.3 is 25.4 Å². The fourth-order valence-corrected chi connectivity index (χ4v) is 5.26. The Balaban J connectivity index is 1.33. The number of nitrogens with two attached hydrogens (primary N) is 1. The van der Waals surface area contributed by atoms with Crippen molar-refractivity contribution >= 4 is 22.8 Å². The van der Waals surface area contributed by atoms with Gasteiger partial charge in [-0.1, -0.05) is 12.1 Å². The molecule has 1 aliphatic heterocycles. The second-order valence-electron chi connectivity index (χ2n) is 10.2. The van der Waals surface area contributed by atoms with E-state index < -0.39 is 36.4 Å². The number of carbonyl (C=O) groups is 1. The van der Waals surface area contributed by atoms with Crippen molar-refractivity contribution < 1.29 is 28.2 Å². The number of anilines is 1. The molecule has 1 aliphatic carbocycles. The van der Waals surface area contributed by atoms with Crippen molar-refractivity contribution in [2.45, 2.75) is 56.7 Å². The first-order chi connectivity index (χ1) is 18.2. The van der Waals surface area contributed by atoms with Crippen LogP contribution < -0.4 is 10.6 Å². The molecule has 3 aromatic rings. The van der Waals surface area contributed by atoms with Gasteiger partial charge in [-0.25, -0.2) is 9.97 Å². The highest BCUT2D eigenvalue weighted by molar-refractivity contribution is 5.88. The summed E-state index contributed by atoms with van der Waals surface area (Å²) < 4.78 is 40.9. The zero-order valence-corrected chi connectivity index (χ0v) is 20.8. The molecule has 9 nitrogen and oxygen atoms in total. The van der Waals surface area contributed by atoms with Crippen LogP contribution in [0.25, 0.3) is 11.0 Å². The van der Waals surface area contributed by atoms with Crippen molar-refractivity contribution in [1.29, 1.82) is 0 Å². The maximum atomic E-state index is 13.0. The Morgan fingerprint density at radius 2 is 1.89 bits per heavy atom. The molecule has 3 atom stereocenters. The number of piperidine rings is 1. The zero-order valence-electron chi connectivity index (χ0n) is 20.8. The fourth-order valence-electron chi connectivity index (χ4n) is 5.26. The molecule has 2 fully saturated rings. The summed E-state index contributed by atoms with van der Waals surface area (Å²) in [4.78, 5) is 24.5. The lowest BCUT2D eigenvalue weighted by molar-refractivity contribution is -0.137. The number of fused-ring (bicyclic) bond motifs is 1. The fraction of sp³-hybridized carbons (Fsp3) is 0.500. The molecule has 4 N–H and O–H groups in total. The van der Waals surface area contributed by atoms with Gasteiger partial charge in [-0.2, -0.15) is 13.2 Å². The molecule has 0 radical (unpaired) electrons. The molecule has 3 heterocycles. The number of alkyl halides is 3. The predicted octanol–water partition coefficient (Wildman–Crippen LogP) is 2.15. The van der Waals surface area contributed by atoms with Crippen LogP contribution in [0, 0.1) is 5.92 Å². The molecule has 1 saturated heterocycles. The molecular formula is C26H31F3N6O3. The van der Waals surface area contributed by atoms with E-state index in [1.54, 1.807) is 4.90 Å².